The van der Waals surface area contributed by atoms with Gasteiger partial charge in [0, 0.05) is 6.42 Å². The van der Waals surface area contributed by atoms with Gasteiger partial charge in [-0.2, -0.15) is 0 Å². The molecule has 1 heterocycles. The van der Waals surface area contributed by atoms with Crippen molar-refractivity contribution < 1.29 is 4.84 Å². The zero-order chi connectivity index (χ0) is 10.1. The molecule has 0 radical (unpaired) electrons. The molecule has 2 nitrogen and oxygen atoms in total. The van der Waals surface area contributed by atoms with Crippen molar-refractivity contribution in [2.75, 3.05) is 5.06 Å². The molecule has 1 aliphatic heterocycles. The number of anilines is 1. The Kier molecular flexibility index (Phi) is 2.07. The van der Waals surface area contributed by atoms with Crippen LogP contribution in [0, 0.1) is 0 Å². The largest absolute Gasteiger partial charge is 0.265 e. The summed E-state index contributed by atoms with van der Waals surface area (Å²) >= 11 is 0. The third kappa shape index (κ3) is 1.57. The van der Waals surface area contributed by atoms with Crippen LogP contribution in [0.4, 0.5) is 5.69 Å². The van der Waals surface area contributed by atoms with E-state index in [2.05, 4.69) is 36.4 Å². The molecule has 76 valence electrons. The van der Waals surface area contributed by atoms with Crippen molar-refractivity contribution >= 4 is 5.69 Å². The summed E-state index contributed by atoms with van der Waals surface area (Å²) in [5, 5.41) is 2.00. The van der Waals surface area contributed by atoms with Crippen LogP contribution < -0.4 is 5.06 Å². The SMILES string of the molecule is C1=CC2CC(C=C1)N(c1ccccc1)O2. The molecule has 1 saturated heterocycles. The molecular formula is C13H13NO. The summed E-state index contributed by atoms with van der Waals surface area (Å²) in [5.41, 5.74) is 1.13. The monoisotopic (exact) mass is 199 g/mol. The standard InChI is InChI=1S/C13H13NO/c1-2-6-11(7-3-1)14-12-8-4-5-9-13(10-12)15-14/h1-9,12-13H,10H2. The van der Waals surface area contributed by atoms with Crippen molar-refractivity contribution in [2.45, 2.75) is 18.6 Å². The molecular weight excluding hydrogens is 186 g/mol. The molecule has 2 unspecified atom stereocenters. The summed E-state index contributed by atoms with van der Waals surface area (Å²) in [6.45, 7) is 0. The molecule has 0 saturated carbocycles. The van der Waals surface area contributed by atoms with Gasteiger partial charge in [0.15, 0.2) is 0 Å². The minimum Gasteiger partial charge on any atom is -0.265 e. The van der Waals surface area contributed by atoms with Gasteiger partial charge in [-0.05, 0) is 12.1 Å². The Bertz CT molecular complexity index is 396. The van der Waals surface area contributed by atoms with Crippen molar-refractivity contribution in [1.29, 1.82) is 0 Å². The lowest BCUT2D eigenvalue weighted by atomic mass is 10.1. The number of fused-ring (bicyclic) bond motifs is 2. The average Bonchev–Trinajstić information content (AvgIpc) is 2.52. The van der Waals surface area contributed by atoms with E-state index in [4.69, 9.17) is 4.84 Å². The van der Waals surface area contributed by atoms with Crippen LogP contribution in [-0.4, -0.2) is 12.1 Å². The van der Waals surface area contributed by atoms with Crippen molar-refractivity contribution in [3.63, 3.8) is 0 Å². The number of rotatable bonds is 1. The van der Waals surface area contributed by atoms with E-state index < -0.39 is 0 Å². The molecule has 15 heavy (non-hydrogen) atoms. The van der Waals surface area contributed by atoms with Gasteiger partial charge in [0.1, 0.15) is 6.10 Å². The van der Waals surface area contributed by atoms with Gasteiger partial charge in [0.05, 0.1) is 11.7 Å². The molecule has 1 aliphatic carbocycles. The Morgan fingerprint density at radius 1 is 1.07 bits per heavy atom. The first kappa shape index (κ1) is 8.74. The van der Waals surface area contributed by atoms with Gasteiger partial charge >= 0.3 is 0 Å². The van der Waals surface area contributed by atoms with Crippen LogP contribution in [-0.2, 0) is 4.84 Å². The average molecular weight is 199 g/mol. The first-order valence-electron chi connectivity index (χ1n) is 5.29. The van der Waals surface area contributed by atoms with Crippen LogP contribution in [0.2, 0.25) is 0 Å². The van der Waals surface area contributed by atoms with E-state index in [9.17, 15) is 0 Å². The molecule has 3 rings (SSSR count). The van der Waals surface area contributed by atoms with Crippen LogP contribution in [0.25, 0.3) is 0 Å². The third-order valence-electron chi connectivity index (χ3n) is 2.80. The van der Waals surface area contributed by atoms with E-state index in [0.717, 1.165) is 12.1 Å². The lowest BCUT2D eigenvalue weighted by Gasteiger charge is -2.22. The van der Waals surface area contributed by atoms with Gasteiger partial charge in [-0.15, -0.1) is 0 Å². The molecule has 2 heteroatoms. The predicted octanol–water partition coefficient (Wildman–Crippen LogP) is 2.69. The maximum atomic E-state index is 5.85. The number of allylic oxidation sites excluding steroid dienone is 2. The predicted molar refractivity (Wildman–Crippen MR) is 60.5 cm³/mol. The number of nitrogens with zero attached hydrogens (tertiary/aromatic N) is 1. The van der Waals surface area contributed by atoms with Gasteiger partial charge in [0.2, 0.25) is 0 Å². The van der Waals surface area contributed by atoms with Crippen molar-refractivity contribution in [3.8, 4) is 0 Å². The van der Waals surface area contributed by atoms with Crippen LogP contribution in [0.5, 0.6) is 0 Å². The van der Waals surface area contributed by atoms with E-state index in [-0.39, 0.29) is 6.10 Å². The van der Waals surface area contributed by atoms with E-state index >= 15 is 0 Å². The Labute approximate surface area is 89.4 Å². The second kappa shape index (κ2) is 3.55. The van der Waals surface area contributed by atoms with Gasteiger partial charge in [0.25, 0.3) is 0 Å². The zero-order valence-corrected chi connectivity index (χ0v) is 8.41. The molecule has 0 N–H and O–H groups in total. The number of benzene rings is 1. The highest BCUT2D eigenvalue weighted by Gasteiger charge is 2.31. The summed E-state index contributed by atoms with van der Waals surface area (Å²) in [7, 11) is 0. The molecule has 0 amide bonds. The topological polar surface area (TPSA) is 12.5 Å². The van der Waals surface area contributed by atoms with E-state index in [1.54, 1.807) is 0 Å². The van der Waals surface area contributed by atoms with Gasteiger partial charge in [-0.3, -0.25) is 4.84 Å². The maximum Gasteiger partial charge on any atom is 0.106 e. The number of para-hydroxylation sites is 1. The highest BCUT2D eigenvalue weighted by molar-refractivity contribution is 5.47. The third-order valence-corrected chi connectivity index (χ3v) is 2.80. The molecule has 2 atom stereocenters. The molecule has 2 bridgehead atoms. The highest BCUT2D eigenvalue weighted by atomic mass is 16.7. The molecule has 1 fully saturated rings. The smallest absolute Gasteiger partial charge is 0.106 e. The van der Waals surface area contributed by atoms with E-state index in [1.165, 1.54) is 0 Å². The first-order chi connectivity index (χ1) is 7.43. The molecule has 1 aromatic rings. The van der Waals surface area contributed by atoms with Crippen molar-refractivity contribution in [3.05, 3.63) is 54.6 Å². The van der Waals surface area contributed by atoms with E-state index in [0.29, 0.717) is 6.04 Å². The molecule has 0 spiro atoms. The second-order valence-corrected chi connectivity index (χ2v) is 3.88. The van der Waals surface area contributed by atoms with E-state index in [1.807, 2.05) is 23.3 Å². The molecule has 2 aliphatic rings. The molecule has 0 aromatic heterocycles. The second-order valence-electron chi connectivity index (χ2n) is 3.88. The maximum absolute atomic E-state index is 5.85. The fraction of sp³-hybridized carbons (Fsp3) is 0.231. The summed E-state index contributed by atoms with van der Waals surface area (Å²) in [6, 6.07) is 10.6. The van der Waals surface area contributed by atoms with Gasteiger partial charge in [-0.25, -0.2) is 5.06 Å². The summed E-state index contributed by atoms with van der Waals surface area (Å²) in [6.07, 6.45) is 9.73. The lowest BCUT2D eigenvalue weighted by molar-refractivity contribution is 0.116. The number of hydroxylamine groups is 1. The Hall–Kier alpha value is -1.54. The Balaban J connectivity index is 1.90. The zero-order valence-electron chi connectivity index (χ0n) is 8.41. The minimum absolute atomic E-state index is 0.227. The van der Waals surface area contributed by atoms with Gasteiger partial charge in [-0.1, -0.05) is 42.5 Å². The highest BCUT2D eigenvalue weighted by Crippen LogP contribution is 2.30. The minimum atomic E-state index is 0.227. The Morgan fingerprint density at radius 3 is 2.73 bits per heavy atom. The number of hydrogen-bond donors (Lipinski definition) is 0. The summed E-state index contributed by atoms with van der Waals surface area (Å²) in [4.78, 5) is 5.85. The van der Waals surface area contributed by atoms with Gasteiger partial charge < -0.3 is 0 Å². The normalized spacial score (nSPS) is 28.1. The summed E-state index contributed by atoms with van der Waals surface area (Å²) in [5.74, 6) is 0. The van der Waals surface area contributed by atoms with Crippen LogP contribution >= 0.6 is 0 Å². The van der Waals surface area contributed by atoms with Crippen LogP contribution in [0.15, 0.2) is 54.6 Å². The lowest BCUT2D eigenvalue weighted by Crippen LogP contribution is -2.26. The summed E-state index contributed by atoms with van der Waals surface area (Å²) < 4.78 is 0. The quantitative estimate of drug-likeness (QED) is 0.689. The first-order valence-corrected chi connectivity index (χ1v) is 5.29. The number of hydrogen-bond acceptors (Lipinski definition) is 2. The van der Waals surface area contributed by atoms with Crippen LogP contribution in [0.1, 0.15) is 6.42 Å². The van der Waals surface area contributed by atoms with Crippen LogP contribution in [0.3, 0.4) is 0 Å². The Morgan fingerprint density at radius 2 is 1.87 bits per heavy atom. The fourth-order valence-corrected chi connectivity index (χ4v) is 2.08. The molecule has 1 aromatic carbocycles. The fourth-order valence-electron chi connectivity index (χ4n) is 2.08. The van der Waals surface area contributed by atoms with Crippen molar-refractivity contribution in [1.82, 2.24) is 0 Å². The van der Waals surface area contributed by atoms with Crippen molar-refractivity contribution in [2.24, 2.45) is 0 Å².